The van der Waals surface area contributed by atoms with E-state index in [1.54, 1.807) is 0 Å². The zero-order valence-corrected chi connectivity index (χ0v) is 13.7. The van der Waals surface area contributed by atoms with Gasteiger partial charge >= 0.3 is 0 Å². The quantitative estimate of drug-likeness (QED) is 0.322. The standard InChI is InChI=1S/C18H33N3/c1-2-3-4-5-6-7-8-9-10-11-18(21-19)16-17-12-14-20-15-13-17/h12-15,18,21H,2-11,16,19H2,1H3. The van der Waals surface area contributed by atoms with Crippen molar-refractivity contribution in [2.45, 2.75) is 83.6 Å². The number of rotatable bonds is 13. The molecule has 1 rings (SSSR count). The van der Waals surface area contributed by atoms with E-state index in [0.29, 0.717) is 6.04 Å². The third-order valence-electron chi connectivity index (χ3n) is 4.12. The van der Waals surface area contributed by atoms with Crippen LogP contribution in [-0.2, 0) is 6.42 Å². The number of pyridine rings is 1. The van der Waals surface area contributed by atoms with Crippen molar-refractivity contribution in [3.05, 3.63) is 30.1 Å². The molecule has 0 aliphatic rings. The molecule has 3 heteroatoms. The molecule has 0 spiro atoms. The predicted molar refractivity (Wildman–Crippen MR) is 90.9 cm³/mol. The molecule has 1 unspecified atom stereocenters. The van der Waals surface area contributed by atoms with E-state index < -0.39 is 0 Å². The van der Waals surface area contributed by atoms with Crippen LogP contribution in [0.4, 0.5) is 0 Å². The summed E-state index contributed by atoms with van der Waals surface area (Å²) in [5.74, 6) is 5.66. The molecule has 1 aromatic heterocycles. The maximum absolute atomic E-state index is 5.66. The van der Waals surface area contributed by atoms with Crippen LogP contribution in [0.25, 0.3) is 0 Å². The fraction of sp³-hybridized carbons (Fsp3) is 0.722. The van der Waals surface area contributed by atoms with Crippen LogP contribution in [-0.4, -0.2) is 11.0 Å². The summed E-state index contributed by atoms with van der Waals surface area (Å²) in [6.07, 6.45) is 18.2. The van der Waals surface area contributed by atoms with Crippen LogP contribution < -0.4 is 11.3 Å². The van der Waals surface area contributed by atoms with Crippen LogP contribution in [0.15, 0.2) is 24.5 Å². The highest BCUT2D eigenvalue weighted by molar-refractivity contribution is 5.11. The number of hydrogen-bond donors (Lipinski definition) is 2. The van der Waals surface area contributed by atoms with Crippen molar-refractivity contribution in [3.63, 3.8) is 0 Å². The van der Waals surface area contributed by atoms with E-state index in [1.165, 1.54) is 63.4 Å². The van der Waals surface area contributed by atoms with Crippen molar-refractivity contribution < 1.29 is 0 Å². The fourth-order valence-electron chi connectivity index (χ4n) is 2.75. The number of nitrogens with zero attached hydrogens (tertiary/aromatic N) is 1. The normalized spacial score (nSPS) is 12.5. The number of hydrazine groups is 1. The molecule has 1 heterocycles. The molecule has 1 atom stereocenters. The zero-order chi connectivity index (χ0) is 15.2. The Labute approximate surface area is 130 Å². The van der Waals surface area contributed by atoms with Gasteiger partial charge in [-0.1, -0.05) is 64.7 Å². The van der Waals surface area contributed by atoms with Gasteiger partial charge < -0.3 is 0 Å². The first-order valence-corrected chi connectivity index (χ1v) is 8.71. The minimum Gasteiger partial charge on any atom is -0.271 e. The largest absolute Gasteiger partial charge is 0.271 e. The zero-order valence-electron chi connectivity index (χ0n) is 13.7. The Balaban J connectivity index is 2.00. The lowest BCUT2D eigenvalue weighted by molar-refractivity contribution is 0.458. The Kier molecular flexibility index (Phi) is 11.0. The highest BCUT2D eigenvalue weighted by atomic mass is 15.2. The van der Waals surface area contributed by atoms with Crippen molar-refractivity contribution >= 4 is 0 Å². The van der Waals surface area contributed by atoms with Gasteiger partial charge in [-0.05, 0) is 30.5 Å². The highest BCUT2D eigenvalue weighted by Gasteiger charge is 2.07. The fourth-order valence-corrected chi connectivity index (χ4v) is 2.75. The smallest absolute Gasteiger partial charge is 0.0270 e. The highest BCUT2D eigenvalue weighted by Crippen LogP contribution is 2.12. The topological polar surface area (TPSA) is 50.9 Å². The van der Waals surface area contributed by atoms with Gasteiger partial charge in [-0.3, -0.25) is 16.3 Å². The molecule has 0 radical (unpaired) electrons. The van der Waals surface area contributed by atoms with Gasteiger partial charge in [0.15, 0.2) is 0 Å². The van der Waals surface area contributed by atoms with Gasteiger partial charge in [0.2, 0.25) is 0 Å². The van der Waals surface area contributed by atoms with Gasteiger partial charge in [0.05, 0.1) is 0 Å². The lowest BCUT2D eigenvalue weighted by Gasteiger charge is -2.15. The van der Waals surface area contributed by atoms with Gasteiger partial charge in [0.25, 0.3) is 0 Å². The van der Waals surface area contributed by atoms with Crippen molar-refractivity contribution in [2.75, 3.05) is 0 Å². The molecule has 21 heavy (non-hydrogen) atoms. The maximum Gasteiger partial charge on any atom is 0.0270 e. The molecule has 0 aliphatic carbocycles. The molecule has 0 aliphatic heterocycles. The van der Waals surface area contributed by atoms with Gasteiger partial charge in [0.1, 0.15) is 0 Å². The number of aromatic nitrogens is 1. The molecule has 0 fully saturated rings. The van der Waals surface area contributed by atoms with Crippen molar-refractivity contribution in [2.24, 2.45) is 5.84 Å². The molecular weight excluding hydrogens is 258 g/mol. The SMILES string of the molecule is CCCCCCCCCCCC(Cc1ccncc1)NN. The summed E-state index contributed by atoms with van der Waals surface area (Å²) in [4.78, 5) is 4.05. The molecule has 120 valence electrons. The number of hydrogen-bond acceptors (Lipinski definition) is 3. The summed E-state index contributed by atoms with van der Waals surface area (Å²) in [6, 6.07) is 4.53. The average Bonchev–Trinajstić information content (AvgIpc) is 2.53. The van der Waals surface area contributed by atoms with E-state index in [-0.39, 0.29) is 0 Å². The Morgan fingerprint density at radius 3 is 2.10 bits per heavy atom. The third kappa shape index (κ3) is 9.59. The van der Waals surface area contributed by atoms with E-state index in [9.17, 15) is 0 Å². The average molecular weight is 291 g/mol. The molecular formula is C18H33N3. The monoisotopic (exact) mass is 291 g/mol. The van der Waals surface area contributed by atoms with Gasteiger partial charge in [0, 0.05) is 18.4 Å². The lowest BCUT2D eigenvalue weighted by atomic mass is 10.0. The Bertz CT molecular complexity index is 326. The Hall–Kier alpha value is -0.930. The maximum atomic E-state index is 5.66. The van der Waals surface area contributed by atoms with Crippen LogP contribution in [0.1, 0.15) is 76.7 Å². The summed E-state index contributed by atoms with van der Waals surface area (Å²) < 4.78 is 0. The van der Waals surface area contributed by atoms with Crippen LogP contribution in [0, 0.1) is 0 Å². The van der Waals surface area contributed by atoms with Crippen molar-refractivity contribution in [3.8, 4) is 0 Å². The van der Waals surface area contributed by atoms with Gasteiger partial charge in [-0.2, -0.15) is 0 Å². The third-order valence-corrected chi connectivity index (χ3v) is 4.12. The molecule has 3 N–H and O–H groups in total. The summed E-state index contributed by atoms with van der Waals surface area (Å²) >= 11 is 0. The predicted octanol–water partition coefficient (Wildman–Crippen LogP) is 4.38. The second-order valence-corrected chi connectivity index (χ2v) is 6.04. The Morgan fingerprint density at radius 2 is 1.52 bits per heavy atom. The summed E-state index contributed by atoms with van der Waals surface area (Å²) in [6.45, 7) is 2.27. The van der Waals surface area contributed by atoms with E-state index in [0.717, 1.165) is 12.8 Å². The van der Waals surface area contributed by atoms with Crippen LogP contribution in [0.5, 0.6) is 0 Å². The molecule has 1 aromatic rings. The summed E-state index contributed by atoms with van der Waals surface area (Å²) in [7, 11) is 0. The molecule has 0 saturated carbocycles. The Morgan fingerprint density at radius 1 is 0.952 bits per heavy atom. The second-order valence-electron chi connectivity index (χ2n) is 6.04. The van der Waals surface area contributed by atoms with Gasteiger partial charge in [-0.15, -0.1) is 0 Å². The number of unbranched alkanes of at least 4 members (excludes halogenated alkanes) is 8. The van der Waals surface area contributed by atoms with E-state index in [1.807, 2.05) is 12.4 Å². The second kappa shape index (κ2) is 12.8. The van der Waals surface area contributed by atoms with Crippen LogP contribution >= 0.6 is 0 Å². The van der Waals surface area contributed by atoms with Crippen molar-refractivity contribution in [1.82, 2.24) is 10.4 Å². The molecule has 0 aromatic carbocycles. The van der Waals surface area contributed by atoms with Crippen LogP contribution in [0.2, 0.25) is 0 Å². The number of nitrogens with one attached hydrogen (secondary N) is 1. The van der Waals surface area contributed by atoms with E-state index >= 15 is 0 Å². The van der Waals surface area contributed by atoms with Crippen molar-refractivity contribution in [1.29, 1.82) is 0 Å². The van der Waals surface area contributed by atoms with E-state index in [4.69, 9.17) is 5.84 Å². The summed E-state index contributed by atoms with van der Waals surface area (Å²) in [5.41, 5.74) is 4.26. The molecule has 0 saturated heterocycles. The van der Waals surface area contributed by atoms with E-state index in [2.05, 4.69) is 29.5 Å². The molecule has 3 nitrogen and oxygen atoms in total. The minimum atomic E-state index is 0.386. The minimum absolute atomic E-state index is 0.386. The summed E-state index contributed by atoms with van der Waals surface area (Å²) in [5, 5.41) is 0. The lowest BCUT2D eigenvalue weighted by Crippen LogP contribution is -2.36. The van der Waals surface area contributed by atoms with Crippen LogP contribution in [0.3, 0.4) is 0 Å². The molecule has 0 amide bonds. The van der Waals surface area contributed by atoms with Gasteiger partial charge in [-0.25, -0.2) is 0 Å². The molecule has 0 bridgehead atoms. The first-order valence-electron chi connectivity index (χ1n) is 8.71. The first kappa shape index (κ1) is 18.1. The number of nitrogens with two attached hydrogens (primary N) is 1. The first-order chi connectivity index (χ1) is 10.4.